The Morgan fingerprint density at radius 1 is 1.14 bits per heavy atom. The predicted octanol–water partition coefficient (Wildman–Crippen LogP) is 4.47. The number of benzene rings is 1. The number of imidazole rings is 1. The first-order valence-electron chi connectivity index (χ1n) is 11.4. The molecule has 0 atom stereocenters. The lowest BCUT2D eigenvalue weighted by molar-refractivity contribution is 0.0148. The number of carbonyl (C=O) groups is 1. The van der Waals surface area contributed by atoms with Crippen molar-refractivity contribution in [2.45, 2.75) is 31.3 Å². The molecule has 35 heavy (non-hydrogen) atoms. The number of rotatable bonds is 5. The maximum absolute atomic E-state index is 14.0. The number of para-hydroxylation sites is 1. The third kappa shape index (κ3) is 4.29. The van der Waals surface area contributed by atoms with E-state index < -0.39 is 5.60 Å². The minimum absolute atomic E-state index is 0. The Morgan fingerprint density at radius 3 is 2.80 bits per heavy atom. The summed E-state index contributed by atoms with van der Waals surface area (Å²) in [6.07, 6.45) is 11.8. The quantitative estimate of drug-likeness (QED) is 0.437. The fourth-order valence-electron chi connectivity index (χ4n) is 4.94. The molecule has 1 saturated carbocycles. The van der Waals surface area contributed by atoms with Gasteiger partial charge in [-0.25, -0.2) is 18.9 Å². The van der Waals surface area contributed by atoms with Gasteiger partial charge in [-0.2, -0.15) is 5.10 Å². The molecule has 4 aromatic rings. The van der Waals surface area contributed by atoms with E-state index in [0.29, 0.717) is 35.4 Å². The zero-order valence-corrected chi connectivity index (χ0v) is 19.7. The lowest BCUT2D eigenvalue weighted by Gasteiger charge is -2.35. The minimum atomic E-state index is -0.461. The van der Waals surface area contributed by atoms with Crippen molar-refractivity contribution >= 4 is 35.8 Å². The number of amides is 1. The van der Waals surface area contributed by atoms with Crippen LogP contribution in [-0.4, -0.2) is 48.9 Å². The lowest BCUT2D eigenvalue weighted by Crippen LogP contribution is -2.39. The van der Waals surface area contributed by atoms with Gasteiger partial charge in [-0.15, -0.1) is 12.4 Å². The summed E-state index contributed by atoms with van der Waals surface area (Å²) in [6, 6.07) is 8.41. The normalized spacial score (nSPS) is 21.8. The van der Waals surface area contributed by atoms with E-state index in [1.54, 1.807) is 54.1 Å². The molecule has 0 unspecified atom stereocenters. The van der Waals surface area contributed by atoms with Gasteiger partial charge in [0, 0.05) is 31.2 Å². The number of carbonyl (C=O) groups excluding carboxylic acids is 1. The second-order valence-corrected chi connectivity index (χ2v) is 8.98. The first kappa shape index (κ1) is 23.1. The van der Waals surface area contributed by atoms with Crippen LogP contribution < -0.4 is 10.2 Å². The van der Waals surface area contributed by atoms with Crippen LogP contribution in [0.15, 0.2) is 61.3 Å². The van der Waals surface area contributed by atoms with Crippen LogP contribution in [0, 0.1) is 11.7 Å². The Kier molecular flexibility index (Phi) is 6.06. The van der Waals surface area contributed by atoms with E-state index in [9.17, 15) is 9.18 Å². The highest BCUT2D eigenvalue weighted by Crippen LogP contribution is 2.40. The maximum atomic E-state index is 14.0. The average molecular weight is 498 g/mol. The van der Waals surface area contributed by atoms with Gasteiger partial charge in [-0.1, -0.05) is 12.1 Å². The third-order valence-electron chi connectivity index (χ3n) is 6.82. The van der Waals surface area contributed by atoms with E-state index in [4.69, 9.17) is 4.74 Å². The van der Waals surface area contributed by atoms with Crippen LogP contribution in [0.4, 0.5) is 20.8 Å². The number of nitrogens with zero attached hydrogens (tertiary/aromatic N) is 6. The van der Waals surface area contributed by atoms with Gasteiger partial charge in [0.15, 0.2) is 5.65 Å². The fraction of sp³-hybridized carbons (Fsp3) is 0.333. The van der Waals surface area contributed by atoms with Gasteiger partial charge >= 0.3 is 6.09 Å². The van der Waals surface area contributed by atoms with E-state index in [-0.39, 0.29) is 24.3 Å². The van der Waals surface area contributed by atoms with E-state index in [0.717, 1.165) is 32.2 Å². The van der Waals surface area contributed by atoms with Gasteiger partial charge in [0.2, 0.25) is 0 Å². The van der Waals surface area contributed by atoms with Crippen LogP contribution in [0.25, 0.3) is 11.3 Å². The first-order valence-corrected chi connectivity index (χ1v) is 11.4. The molecule has 1 N–H and O–H groups in total. The van der Waals surface area contributed by atoms with Gasteiger partial charge in [0.1, 0.15) is 28.7 Å². The molecule has 4 heterocycles. The number of aromatic nitrogens is 5. The van der Waals surface area contributed by atoms with Gasteiger partial charge in [-0.3, -0.25) is 14.3 Å². The molecule has 1 aromatic carbocycles. The number of ether oxygens (including phenoxy) is 1. The van der Waals surface area contributed by atoms with Crippen molar-refractivity contribution < 1.29 is 13.9 Å². The van der Waals surface area contributed by atoms with Crippen LogP contribution in [0.1, 0.15) is 25.7 Å². The topological polar surface area (TPSA) is 89.6 Å². The van der Waals surface area contributed by atoms with Crippen LogP contribution in [0.5, 0.6) is 0 Å². The number of hydrogen-bond donors (Lipinski definition) is 1. The smallest absolute Gasteiger partial charge is 0.416 e. The Hall–Kier alpha value is -3.66. The predicted molar refractivity (Wildman–Crippen MR) is 131 cm³/mol. The maximum Gasteiger partial charge on any atom is 0.416 e. The van der Waals surface area contributed by atoms with Crippen molar-refractivity contribution in [3.8, 4) is 5.69 Å². The van der Waals surface area contributed by atoms with E-state index in [1.807, 2.05) is 10.5 Å². The molecule has 0 radical (unpaired) electrons. The average Bonchev–Trinajstić information content (AvgIpc) is 3.57. The summed E-state index contributed by atoms with van der Waals surface area (Å²) in [5, 5.41) is 7.82. The van der Waals surface area contributed by atoms with Crippen molar-refractivity contribution in [2.24, 2.45) is 5.92 Å². The molecule has 3 aromatic heterocycles. The Bertz CT molecular complexity index is 1350. The Labute approximate surface area is 207 Å². The largest absolute Gasteiger partial charge is 0.441 e. The van der Waals surface area contributed by atoms with Crippen molar-refractivity contribution in [1.29, 1.82) is 0 Å². The van der Waals surface area contributed by atoms with Gasteiger partial charge in [0.25, 0.3) is 0 Å². The number of halogens is 2. The minimum Gasteiger partial charge on any atom is -0.441 e. The van der Waals surface area contributed by atoms with Crippen LogP contribution >= 0.6 is 12.4 Å². The van der Waals surface area contributed by atoms with Crippen LogP contribution in [0.3, 0.4) is 0 Å². The molecule has 1 saturated heterocycles. The van der Waals surface area contributed by atoms with Crippen molar-refractivity contribution in [1.82, 2.24) is 24.1 Å². The summed E-state index contributed by atoms with van der Waals surface area (Å²) in [5.41, 5.74) is 0.653. The molecule has 1 aliphatic heterocycles. The molecule has 2 aliphatic rings. The number of hydrogen-bond acceptors (Lipinski definition) is 6. The third-order valence-corrected chi connectivity index (χ3v) is 6.82. The molecule has 0 bridgehead atoms. The second kappa shape index (κ2) is 9.18. The van der Waals surface area contributed by atoms with Gasteiger partial charge in [0.05, 0.1) is 18.9 Å². The molecule has 1 amide bonds. The zero-order valence-electron chi connectivity index (χ0n) is 18.9. The molecular weight excluding hydrogens is 473 g/mol. The Morgan fingerprint density at radius 2 is 1.97 bits per heavy atom. The highest BCUT2D eigenvalue weighted by molar-refractivity contribution is 5.89. The number of fused-ring (bicyclic) bond motifs is 1. The molecule has 2 fully saturated rings. The molecule has 6 rings (SSSR count). The molecule has 11 heteroatoms. The number of anilines is 2. The van der Waals surface area contributed by atoms with Gasteiger partial charge in [-0.05, 0) is 43.7 Å². The van der Waals surface area contributed by atoms with Crippen molar-refractivity contribution in [3.05, 3.63) is 67.1 Å². The standard InChI is InChI=1S/C24H24FN7O2.ClH/c25-18-3-1-2-4-19(18)32-11-7-20(29-32)27-13-17-5-8-24(9-6-17)16-31(23(33)34-24)22-15-28-21-14-26-10-12-30(21)22;/h1-4,7,10-12,14-15,17H,5-6,8-9,13,16H2,(H,27,29);1H/t17-,24-;. The van der Waals surface area contributed by atoms with E-state index in [1.165, 1.54) is 10.7 Å². The second-order valence-electron chi connectivity index (χ2n) is 8.98. The highest BCUT2D eigenvalue weighted by atomic mass is 35.5. The summed E-state index contributed by atoms with van der Waals surface area (Å²) in [4.78, 5) is 22.8. The lowest BCUT2D eigenvalue weighted by atomic mass is 9.78. The summed E-state index contributed by atoms with van der Waals surface area (Å²) in [5.74, 6) is 1.55. The molecular formula is C24H25ClFN7O2. The molecule has 182 valence electrons. The SMILES string of the molecule is Cl.O=C1O[C@]2(CC[C@H](CNc3ccn(-c4ccccc4F)n3)CC2)CN1c1cnc2cnccn12. The monoisotopic (exact) mass is 497 g/mol. The highest BCUT2D eigenvalue weighted by Gasteiger charge is 2.48. The Balaban J connectivity index is 0.00000253. The zero-order chi connectivity index (χ0) is 23.1. The summed E-state index contributed by atoms with van der Waals surface area (Å²) in [6.45, 7) is 1.29. The van der Waals surface area contributed by atoms with Crippen LogP contribution in [0.2, 0.25) is 0 Å². The van der Waals surface area contributed by atoms with Gasteiger partial charge < -0.3 is 10.1 Å². The summed E-state index contributed by atoms with van der Waals surface area (Å²) in [7, 11) is 0. The fourth-order valence-corrected chi connectivity index (χ4v) is 4.94. The van der Waals surface area contributed by atoms with E-state index >= 15 is 0 Å². The molecule has 9 nitrogen and oxygen atoms in total. The summed E-state index contributed by atoms with van der Waals surface area (Å²) < 4.78 is 23.3. The molecule has 1 spiro atoms. The summed E-state index contributed by atoms with van der Waals surface area (Å²) >= 11 is 0. The van der Waals surface area contributed by atoms with Crippen LogP contribution in [-0.2, 0) is 4.74 Å². The van der Waals surface area contributed by atoms with Crippen molar-refractivity contribution in [2.75, 3.05) is 23.3 Å². The molecule has 1 aliphatic carbocycles. The van der Waals surface area contributed by atoms with E-state index in [2.05, 4.69) is 20.4 Å². The first-order chi connectivity index (χ1) is 16.6. The number of nitrogens with one attached hydrogen (secondary N) is 1. The van der Waals surface area contributed by atoms with Crippen molar-refractivity contribution in [3.63, 3.8) is 0 Å².